The number of ether oxygens (including phenoxy) is 1. The Morgan fingerprint density at radius 1 is 1.00 bits per heavy atom. The molecule has 106 valence electrons. The molecule has 1 aromatic rings. The number of hydrazone groups is 1. The SMILES string of the molecule is CC.COC1=NN(c2ccccc2)C(C)(C)C1(C)C. The molecule has 0 fully saturated rings. The van der Waals surface area contributed by atoms with Gasteiger partial charge >= 0.3 is 0 Å². The van der Waals surface area contributed by atoms with Crippen molar-refractivity contribution in [2.24, 2.45) is 10.5 Å². The van der Waals surface area contributed by atoms with Crippen molar-refractivity contribution in [1.82, 2.24) is 0 Å². The van der Waals surface area contributed by atoms with Gasteiger partial charge in [-0.05, 0) is 39.8 Å². The Labute approximate surface area is 117 Å². The number of nitrogens with zero attached hydrogens (tertiary/aromatic N) is 2. The van der Waals surface area contributed by atoms with Crippen LogP contribution in [0.15, 0.2) is 35.4 Å². The van der Waals surface area contributed by atoms with Gasteiger partial charge in [-0.2, -0.15) is 0 Å². The first-order valence-corrected chi connectivity index (χ1v) is 6.89. The summed E-state index contributed by atoms with van der Waals surface area (Å²) in [6.45, 7) is 12.7. The molecule has 3 heteroatoms. The van der Waals surface area contributed by atoms with Crippen molar-refractivity contribution < 1.29 is 4.74 Å². The van der Waals surface area contributed by atoms with E-state index in [0.717, 1.165) is 11.6 Å². The molecule has 19 heavy (non-hydrogen) atoms. The van der Waals surface area contributed by atoms with Crippen LogP contribution in [-0.2, 0) is 4.74 Å². The molecule has 1 aliphatic rings. The summed E-state index contributed by atoms with van der Waals surface area (Å²) in [5.74, 6) is 0.784. The fourth-order valence-electron chi connectivity index (χ4n) is 2.11. The van der Waals surface area contributed by atoms with Crippen LogP contribution in [0.2, 0.25) is 0 Å². The normalized spacial score (nSPS) is 19.3. The van der Waals surface area contributed by atoms with Crippen LogP contribution in [0.3, 0.4) is 0 Å². The van der Waals surface area contributed by atoms with E-state index in [4.69, 9.17) is 4.74 Å². The highest BCUT2D eigenvalue weighted by molar-refractivity contribution is 5.88. The smallest absolute Gasteiger partial charge is 0.214 e. The molecule has 0 atom stereocenters. The van der Waals surface area contributed by atoms with Crippen LogP contribution < -0.4 is 5.01 Å². The van der Waals surface area contributed by atoms with E-state index in [1.165, 1.54) is 0 Å². The molecule has 0 saturated carbocycles. The number of anilines is 1. The Balaban J connectivity index is 0.000000861. The van der Waals surface area contributed by atoms with Crippen molar-refractivity contribution in [2.75, 3.05) is 12.1 Å². The van der Waals surface area contributed by atoms with Crippen molar-refractivity contribution in [1.29, 1.82) is 0 Å². The highest BCUT2D eigenvalue weighted by atomic mass is 16.5. The lowest BCUT2D eigenvalue weighted by molar-refractivity contribution is 0.255. The number of hydrogen-bond acceptors (Lipinski definition) is 3. The molecular weight excluding hydrogens is 236 g/mol. The molecule has 0 radical (unpaired) electrons. The molecule has 0 aliphatic carbocycles. The molecule has 0 saturated heterocycles. The van der Waals surface area contributed by atoms with Gasteiger partial charge in [0.15, 0.2) is 0 Å². The van der Waals surface area contributed by atoms with E-state index < -0.39 is 0 Å². The average molecular weight is 262 g/mol. The van der Waals surface area contributed by atoms with E-state index in [9.17, 15) is 0 Å². The zero-order valence-electron chi connectivity index (χ0n) is 13.2. The molecule has 0 spiro atoms. The third kappa shape index (κ3) is 2.46. The van der Waals surface area contributed by atoms with E-state index in [1.54, 1.807) is 7.11 Å². The Kier molecular flexibility index (Phi) is 4.61. The molecule has 0 aromatic heterocycles. The van der Waals surface area contributed by atoms with Crippen molar-refractivity contribution in [3.8, 4) is 0 Å². The van der Waals surface area contributed by atoms with Crippen LogP contribution in [0.1, 0.15) is 41.5 Å². The van der Waals surface area contributed by atoms with Crippen LogP contribution in [0.5, 0.6) is 0 Å². The van der Waals surface area contributed by atoms with Crippen molar-refractivity contribution in [2.45, 2.75) is 47.1 Å². The average Bonchev–Trinajstić information content (AvgIpc) is 2.60. The number of methoxy groups -OCH3 is 1. The van der Waals surface area contributed by atoms with Gasteiger partial charge in [-0.3, -0.25) is 5.01 Å². The van der Waals surface area contributed by atoms with Crippen LogP contribution in [0.4, 0.5) is 5.69 Å². The number of hydrogen-bond donors (Lipinski definition) is 0. The monoisotopic (exact) mass is 262 g/mol. The summed E-state index contributed by atoms with van der Waals surface area (Å²) < 4.78 is 5.42. The summed E-state index contributed by atoms with van der Waals surface area (Å²) in [6.07, 6.45) is 0. The molecule has 0 N–H and O–H groups in total. The highest BCUT2D eigenvalue weighted by Gasteiger charge is 2.52. The number of benzene rings is 1. The first-order chi connectivity index (χ1) is 8.91. The first-order valence-electron chi connectivity index (χ1n) is 6.89. The summed E-state index contributed by atoms with van der Waals surface area (Å²) >= 11 is 0. The van der Waals surface area contributed by atoms with Crippen LogP contribution >= 0.6 is 0 Å². The molecule has 0 unspecified atom stereocenters. The summed E-state index contributed by atoms with van der Waals surface area (Å²) in [5.41, 5.74) is 0.870. The minimum Gasteiger partial charge on any atom is -0.483 e. The van der Waals surface area contributed by atoms with Gasteiger partial charge in [-0.1, -0.05) is 32.0 Å². The molecule has 0 amide bonds. The molecule has 3 nitrogen and oxygen atoms in total. The summed E-state index contributed by atoms with van der Waals surface area (Å²) in [7, 11) is 1.69. The topological polar surface area (TPSA) is 24.8 Å². The maximum atomic E-state index is 5.42. The van der Waals surface area contributed by atoms with Gasteiger partial charge < -0.3 is 4.74 Å². The molecular formula is C16H26N2O. The third-order valence-corrected chi connectivity index (χ3v) is 3.98. The zero-order chi connectivity index (χ0) is 14.7. The molecule has 1 aromatic carbocycles. The standard InChI is InChI=1S/C14H20N2O.C2H6/c1-13(2)12(17-5)15-16(14(13,3)4)11-9-7-6-8-10-11;1-2/h6-10H,1-5H3;1-2H3. The molecule has 0 bridgehead atoms. The van der Waals surface area contributed by atoms with Crippen molar-refractivity contribution in [3.05, 3.63) is 30.3 Å². The van der Waals surface area contributed by atoms with E-state index in [0.29, 0.717) is 0 Å². The lowest BCUT2D eigenvalue weighted by Gasteiger charge is -2.39. The number of para-hydroxylation sites is 1. The van der Waals surface area contributed by atoms with E-state index in [-0.39, 0.29) is 11.0 Å². The summed E-state index contributed by atoms with van der Waals surface area (Å²) in [5, 5.41) is 6.66. The van der Waals surface area contributed by atoms with Crippen molar-refractivity contribution >= 4 is 11.6 Å². The lowest BCUT2D eigenvalue weighted by atomic mass is 9.75. The lowest BCUT2D eigenvalue weighted by Crippen LogP contribution is -2.49. The first kappa shape index (κ1) is 15.5. The predicted octanol–water partition coefficient (Wildman–Crippen LogP) is 4.30. The van der Waals surface area contributed by atoms with Crippen LogP contribution in [0.25, 0.3) is 0 Å². The van der Waals surface area contributed by atoms with Crippen molar-refractivity contribution in [3.63, 3.8) is 0 Å². The van der Waals surface area contributed by atoms with E-state index in [1.807, 2.05) is 37.1 Å². The Hall–Kier alpha value is -1.51. The van der Waals surface area contributed by atoms with Crippen LogP contribution in [0, 0.1) is 5.41 Å². The van der Waals surface area contributed by atoms with Gasteiger partial charge in [-0.15, -0.1) is 5.10 Å². The maximum absolute atomic E-state index is 5.42. The second-order valence-corrected chi connectivity index (χ2v) is 5.44. The molecule has 2 rings (SSSR count). The van der Waals surface area contributed by atoms with Gasteiger partial charge in [0.05, 0.1) is 23.8 Å². The fourth-order valence-corrected chi connectivity index (χ4v) is 2.11. The fraction of sp³-hybridized carbons (Fsp3) is 0.562. The molecule has 1 heterocycles. The van der Waals surface area contributed by atoms with E-state index in [2.05, 4.69) is 44.9 Å². The second kappa shape index (κ2) is 5.64. The quantitative estimate of drug-likeness (QED) is 0.754. The highest BCUT2D eigenvalue weighted by Crippen LogP contribution is 2.44. The predicted molar refractivity (Wildman–Crippen MR) is 82.6 cm³/mol. The Bertz CT molecular complexity index is 435. The van der Waals surface area contributed by atoms with E-state index >= 15 is 0 Å². The zero-order valence-corrected chi connectivity index (χ0v) is 13.2. The van der Waals surface area contributed by atoms with Crippen LogP contribution in [-0.4, -0.2) is 18.5 Å². The third-order valence-electron chi connectivity index (χ3n) is 3.98. The van der Waals surface area contributed by atoms with Gasteiger partial charge in [0, 0.05) is 0 Å². The minimum absolute atomic E-state index is 0.111. The Morgan fingerprint density at radius 3 is 1.95 bits per heavy atom. The summed E-state index contributed by atoms with van der Waals surface area (Å²) in [4.78, 5) is 0. The van der Waals surface area contributed by atoms with Gasteiger partial charge in [0.1, 0.15) is 0 Å². The van der Waals surface area contributed by atoms with Gasteiger partial charge in [0.25, 0.3) is 0 Å². The second-order valence-electron chi connectivity index (χ2n) is 5.44. The van der Waals surface area contributed by atoms with Gasteiger partial charge in [-0.25, -0.2) is 0 Å². The van der Waals surface area contributed by atoms with Gasteiger partial charge in [0.2, 0.25) is 5.90 Å². The Morgan fingerprint density at radius 2 is 1.53 bits per heavy atom. The minimum atomic E-state index is -0.114. The largest absolute Gasteiger partial charge is 0.483 e. The maximum Gasteiger partial charge on any atom is 0.214 e. The number of rotatable bonds is 1. The molecule has 1 aliphatic heterocycles. The summed E-state index contributed by atoms with van der Waals surface area (Å²) in [6, 6.07) is 10.2.